The van der Waals surface area contributed by atoms with Gasteiger partial charge in [-0.1, -0.05) is 77.6 Å². The van der Waals surface area contributed by atoms with E-state index < -0.39 is 0 Å². The summed E-state index contributed by atoms with van der Waals surface area (Å²) < 4.78 is 0. The summed E-state index contributed by atoms with van der Waals surface area (Å²) in [6.45, 7) is 3.55. The van der Waals surface area contributed by atoms with Crippen LogP contribution in [0.25, 0.3) is 0 Å². The first kappa shape index (κ1) is 17.0. The van der Waals surface area contributed by atoms with E-state index in [1.54, 1.807) is 0 Å². The van der Waals surface area contributed by atoms with Crippen molar-refractivity contribution in [1.29, 1.82) is 0 Å². The van der Waals surface area contributed by atoms with Gasteiger partial charge in [-0.05, 0) is 31.7 Å². The van der Waals surface area contributed by atoms with Crippen molar-refractivity contribution in [2.24, 2.45) is 5.41 Å². The maximum atomic E-state index is 3.40. The first-order chi connectivity index (χ1) is 9.33. The molecule has 0 aromatic rings. The summed E-state index contributed by atoms with van der Waals surface area (Å²) in [5, 5.41) is 3.40. The molecular formula is C18H37N. The third-order valence-electron chi connectivity index (χ3n) is 5.03. The van der Waals surface area contributed by atoms with Crippen molar-refractivity contribution in [2.45, 2.75) is 96.8 Å². The molecule has 1 heteroatoms. The molecule has 0 aromatic carbocycles. The maximum Gasteiger partial charge on any atom is 0.000480 e. The molecule has 0 bridgehead atoms. The second-order valence-electron chi connectivity index (χ2n) is 6.82. The van der Waals surface area contributed by atoms with E-state index in [0.717, 1.165) is 0 Å². The predicted octanol–water partition coefficient (Wildman–Crippen LogP) is 5.69. The summed E-state index contributed by atoms with van der Waals surface area (Å²) in [4.78, 5) is 0. The van der Waals surface area contributed by atoms with Crippen LogP contribution < -0.4 is 5.32 Å². The third kappa shape index (κ3) is 7.34. The van der Waals surface area contributed by atoms with E-state index in [0.29, 0.717) is 5.41 Å². The Bertz CT molecular complexity index is 196. The van der Waals surface area contributed by atoms with Gasteiger partial charge in [0.25, 0.3) is 0 Å². The minimum Gasteiger partial charge on any atom is -0.319 e. The van der Waals surface area contributed by atoms with E-state index in [-0.39, 0.29) is 0 Å². The Morgan fingerprint density at radius 2 is 1.32 bits per heavy atom. The maximum absolute atomic E-state index is 3.40. The average molecular weight is 268 g/mol. The van der Waals surface area contributed by atoms with Crippen molar-refractivity contribution in [3.8, 4) is 0 Å². The van der Waals surface area contributed by atoms with Crippen LogP contribution in [0.2, 0.25) is 0 Å². The lowest BCUT2D eigenvalue weighted by molar-refractivity contribution is 0.115. The van der Waals surface area contributed by atoms with Gasteiger partial charge in [-0.15, -0.1) is 0 Å². The van der Waals surface area contributed by atoms with Gasteiger partial charge in [0.15, 0.2) is 0 Å². The average Bonchev–Trinajstić information content (AvgIpc) is 2.38. The number of hydrogen-bond acceptors (Lipinski definition) is 1. The van der Waals surface area contributed by atoms with E-state index in [1.807, 2.05) is 0 Å². The fraction of sp³-hybridized carbons (Fsp3) is 1.00. The molecule has 0 spiro atoms. The highest BCUT2D eigenvalue weighted by Gasteiger charge is 2.35. The molecule has 0 aromatic heterocycles. The highest BCUT2D eigenvalue weighted by atomic mass is 14.8. The van der Waals surface area contributed by atoms with Crippen LogP contribution in [0.1, 0.15) is 96.8 Å². The second kappa shape index (κ2) is 10.7. The molecule has 1 aliphatic rings. The molecule has 1 rings (SSSR count). The van der Waals surface area contributed by atoms with E-state index in [9.17, 15) is 0 Å². The summed E-state index contributed by atoms with van der Waals surface area (Å²) in [5.41, 5.74) is 0.703. The number of rotatable bonds is 13. The van der Waals surface area contributed by atoms with Crippen LogP contribution in [0.15, 0.2) is 0 Å². The summed E-state index contributed by atoms with van der Waals surface area (Å²) in [6.07, 6.45) is 20.5. The van der Waals surface area contributed by atoms with Crippen LogP contribution in [-0.2, 0) is 0 Å². The van der Waals surface area contributed by atoms with Crippen molar-refractivity contribution in [1.82, 2.24) is 5.32 Å². The minimum atomic E-state index is 0.703. The minimum absolute atomic E-state index is 0.703. The molecule has 1 N–H and O–H groups in total. The monoisotopic (exact) mass is 267 g/mol. The Balaban J connectivity index is 1.83. The van der Waals surface area contributed by atoms with Crippen LogP contribution >= 0.6 is 0 Å². The Kier molecular flexibility index (Phi) is 9.59. The SMILES string of the molecule is CCCCCCCCCCCCC1(CNC)CCC1. The first-order valence-corrected chi connectivity index (χ1v) is 8.97. The lowest BCUT2D eigenvalue weighted by Crippen LogP contribution is -2.38. The third-order valence-corrected chi connectivity index (χ3v) is 5.03. The Morgan fingerprint density at radius 3 is 1.74 bits per heavy atom. The molecule has 0 aliphatic heterocycles. The van der Waals surface area contributed by atoms with Gasteiger partial charge < -0.3 is 5.32 Å². The number of nitrogens with one attached hydrogen (secondary N) is 1. The fourth-order valence-electron chi connectivity index (χ4n) is 3.55. The summed E-state index contributed by atoms with van der Waals surface area (Å²) in [6, 6.07) is 0. The van der Waals surface area contributed by atoms with Crippen molar-refractivity contribution in [2.75, 3.05) is 13.6 Å². The first-order valence-electron chi connectivity index (χ1n) is 8.97. The van der Waals surface area contributed by atoms with E-state index in [2.05, 4.69) is 19.3 Å². The zero-order valence-electron chi connectivity index (χ0n) is 13.6. The molecule has 0 unspecified atom stereocenters. The van der Waals surface area contributed by atoms with Gasteiger partial charge in [-0.3, -0.25) is 0 Å². The molecule has 1 fully saturated rings. The lowest BCUT2D eigenvalue weighted by atomic mass is 9.66. The molecule has 1 saturated carbocycles. The van der Waals surface area contributed by atoms with E-state index >= 15 is 0 Å². The van der Waals surface area contributed by atoms with Gasteiger partial charge in [0.2, 0.25) is 0 Å². The van der Waals surface area contributed by atoms with Gasteiger partial charge >= 0.3 is 0 Å². The largest absolute Gasteiger partial charge is 0.319 e. The highest BCUT2D eigenvalue weighted by Crippen LogP contribution is 2.44. The van der Waals surface area contributed by atoms with Crippen molar-refractivity contribution in [3.63, 3.8) is 0 Å². The zero-order valence-corrected chi connectivity index (χ0v) is 13.6. The van der Waals surface area contributed by atoms with Crippen LogP contribution in [0.4, 0.5) is 0 Å². The quantitative estimate of drug-likeness (QED) is 0.423. The molecule has 19 heavy (non-hydrogen) atoms. The molecule has 0 atom stereocenters. The number of unbranched alkanes of at least 4 members (excludes halogenated alkanes) is 9. The van der Waals surface area contributed by atoms with Crippen molar-refractivity contribution >= 4 is 0 Å². The van der Waals surface area contributed by atoms with E-state index in [4.69, 9.17) is 0 Å². The van der Waals surface area contributed by atoms with Crippen LogP contribution in [0.5, 0.6) is 0 Å². The van der Waals surface area contributed by atoms with Crippen molar-refractivity contribution < 1.29 is 0 Å². The molecule has 1 nitrogen and oxygen atoms in total. The van der Waals surface area contributed by atoms with Gasteiger partial charge in [-0.25, -0.2) is 0 Å². The summed E-state index contributed by atoms with van der Waals surface area (Å²) in [5.74, 6) is 0. The second-order valence-corrected chi connectivity index (χ2v) is 6.82. The molecule has 114 valence electrons. The fourth-order valence-corrected chi connectivity index (χ4v) is 3.55. The van der Waals surface area contributed by atoms with Gasteiger partial charge in [-0.2, -0.15) is 0 Å². The Labute approximate surface area is 121 Å². The van der Waals surface area contributed by atoms with Gasteiger partial charge in [0.05, 0.1) is 0 Å². The molecule has 0 heterocycles. The topological polar surface area (TPSA) is 12.0 Å². The van der Waals surface area contributed by atoms with Crippen LogP contribution in [-0.4, -0.2) is 13.6 Å². The molecular weight excluding hydrogens is 230 g/mol. The summed E-state index contributed by atoms with van der Waals surface area (Å²) >= 11 is 0. The highest BCUT2D eigenvalue weighted by molar-refractivity contribution is 4.88. The smallest absolute Gasteiger partial charge is 0.000480 e. The molecule has 0 radical (unpaired) electrons. The standard InChI is InChI=1S/C18H37N/c1-3-4-5-6-7-8-9-10-11-12-14-18(17-19-2)15-13-16-18/h19H,3-17H2,1-2H3. The Morgan fingerprint density at radius 1 is 0.789 bits per heavy atom. The number of hydrogen-bond donors (Lipinski definition) is 1. The molecule has 0 amide bonds. The van der Waals surface area contributed by atoms with Crippen molar-refractivity contribution in [3.05, 3.63) is 0 Å². The van der Waals surface area contributed by atoms with Crippen LogP contribution in [0, 0.1) is 5.41 Å². The summed E-state index contributed by atoms with van der Waals surface area (Å²) in [7, 11) is 2.11. The van der Waals surface area contributed by atoms with Crippen LogP contribution in [0.3, 0.4) is 0 Å². The van der Waals surface area contributed by atoms with Gasteiger partial charge in [0, 0.05) is 6.54 Å². The zero-order chi connectivity index (χ0) is 13.8. The molecule has 0 saturated heterocycles. The van der Waals surface area contributed by atoms with E-state index in [1.165, 1.54) is 96.4 Å². The van der Waals surface area contributed by atoms with Gasteiger partial charge in [0.1, 0.15) is 0 Å². The molecule has 1 aliphatic carbocycles. The predicted molar refractivity (Wildman–Crippen MR) is 86.7 cm³/mol. The Hall–Kier alpha value is -0.0400. The lowest BCUT2D eigenvalue weighted by Gasteiger charge is -2.42. The normalized spacial score (nSPS) is 17.4.